The van der Waals surface area contributed by atoms with E-state index in [0.717, 1.165) is 5.56 Å². The second-order valence-electron chi connectivity index (χ2n) is 5.96. The van der Waals surface area contributed by atoms with Crippen LogP contribution in [0.1, 0.15) is 26.3 Å². The van der Waals surface area contributed by atoms with E-state index in [1.807, 2.05) is 30.3 Å². The van der Waals surface area contributed by atoms with E-state index >= 15 is 0 Å². The fourth-order valence-corrected chi connectivity index (χ4v) is 2.38. The van der Waals surface area contributed by atoms with Gasteiger partial charge < -0.3 is 20.3 Å². The molecule has 1 aromatic rings. The monoisotopic (exact) mass is 319 g/mol. The van der Waals surface area contributed by atoms with Crippen molar-refractivity contribution in [2.45, 2.75) is 39.1 Å². The molecule has 1 aliphatic rings. The van der Waals surface area contributed by atoms with Crippen molar-refractivity contribution in [2.75, 3.05) is 6.54 Å². The van der Waals surface area contributed by atoms with Crippen LogP contribution in [0.25, 0.3) is 0 Å². The lowest BCUT2D eigenvalue weighted by Crippen LogP contribution is -2.55. The predicted molar refractivity (Wildman–Crippen MR) is 83.2 cm³/mol. The van der Waals surface area contributed by atoms with Gasteiger partial charge in [-0.1, -0.05) is 30.3 Å². The highest BCUT2D eigenvalue weighted by Gasteiger charge is 2.41. The average molecular weight is 319 g/mol. The summed E-state index contributed by atoms with van der Waals surface area (Å²) in [5, 5.41) is 5.19. The Morgan fingerprint density at radius 3 is 2.57 bits per heavy atom. The summed E-state index contributed by atoms with van der Waals surface area (Å²) in [6, 6.07) is 8.46. The van der Waals surface area contributed by atoms with E-state index in [2.05, 4.69) is 10.6 Å². The second kappa shape index (κ2) is 6.68. The summed E-state index contributed by atoms with van der Waals surface area (Å²) in [4.78, 5) is 37.0. The molecule has 0 aliphatic carbocycles. The molecule has 2 N–H and O–H groups in total. The van der Waals surface area contributed by atoms with Crippen LogP contribution < -0.4 is 10.6 Å². The average Bonchev–Trinajstić information content (AvgIpc) is 2.78. The molecule has 2 rings (SSSR count). The van der Waals surface area contributed by atoms with Gasteiger partial charge in [-0.2, -0.15) is 0 Å². The lowest BCUT2D eigenvalue weighted by Gasteiger charge is -2.32. The number of nitrogens with zero attached hydrogens (tertiary/aromatic N) is 1. The Hall–Kier alpha value is -2.57. The Labute approximate surface area is 135 Å². The van der Waals surface area contributed by atoms with Gasteiger partial charge in [-0.25, -0.2) is 4.79 Å². The molecule has 0 saturated carbocycles. The Morgan fingerprint density at radius 2 is 2.00 bits per heavy atom. The summed E-state index contributed by atoms with van der Waals surface area (Å²) in [5.74, 6) is -0.563. The highest BCUT2D eigenvalue weighted by Crippen LogP contribution is 2.17. The van der Waals surface area contributed by atoms with Gasteiger partial charge in [0, 0.05) is 0 Å². The maximum absolute atomic E-state index is 12.4. The SMILES string of the molecule is CC(NC(=O)OCc1ccccc1)C(=O)N1CC(=O)NC1(C)C. The van der Waals surface area contributed by atoms with E-state index < -0.39 is 17.8 Å². The normalized spacial score (nSPS) is 17.3. The van der Waals surface area contributed by atoms with Crippen LogP contribution in [0, 0.1) is 0 Å². The van der Waals surface area contributed by atoms with Crippen LogP contribution in [-0.4, -0.2) is 41.1 Å². The maximum Gasteiger partial charge on any atom is 0.408 e. The second-order valence-corrected chi connectivity index (χ2v) is 5.96. The third-order valence-corrected chi connectivity index (χ3v) is 3.61. The van der Waals surface area contributed by atoms with E-state index in [-0.39, 0.29) is 25.0 Å². The minimum atomic E-state index is -0.787. The van der Waals surface area contributed by atoms with Crippen molar-refractivity contribution in [3.63, 3.8) is 0 Å². The third-order valence-electron chi connectivity index (χ3n) is 3.61. The van der Waals surface area contributed by atoms with Crippen molar-refractivity contribution in [1.29, 1.82) is 0 Å². The zero-order valence-electron chi connectivity index (χ0n) is 13.5. The summed E-state index contributed by atoms with van der Waals surface area (Å²) < 4.78 is 5.08. The van der Waals surface area contributed by atoms with Gasteiger partial charge in [0.05, 0.1) is 0 Å². The smallest absolute Gasteiger partial charge is 0.408 e. The van der Waals surface area contributed by atoms with Crippen LogP contribution in [0.2, 0.25) is 0 Å². The van der Waals surface area contributed by atoms with Gasteiger partial charge in [0.1, 0.15) is 24.9 Å². The minimum Gasteiger partial charge on any atom is -0.445 e. The molecule has 1 saturated heterocycles. The molecule has 1 aromatic carbocycles. The van der Waals surface area contributed by atoms with Crippen LogP contribution >= 0.6 is 0 Å². The largest absolute Gasteiger partial charge is 0.445 e. The number of carbonyl (C=O) groups excluding carboxylic acids is 3. The molecule has 3 amide bonds. The highest BCUT2D eigenvalue weighted by molar-refractivity contribution is 5.92. The molecule has 7 heteroatoms. The quantitative estimate of drug-likeness (QED) is 0.866. The molecule has 23 heavy (non-hydrogen) atoms. The highest BCUT2D eigenvalue weighted by atomic mass is 16.5. The van der Waals surface area contributed by atoms with Gasteiger partial charge in [-0.3, -0.25) is 9.59 Å². The van der Waals surface area contributed by atoms with Crippen molar-refractivity contribution in [3.8, 4) is 0 Å². The summed E-state index contributed by atoms with van der Waals surface area (Å²) in [7, 11) is 0. The van der Waals surface area contributed by atoms with Gasteiger partial charge in [-0.05, 0) is 26.3 Å². The number of hydrogen-bond donors (Lipinski definition) is 2. The molecule has 0 spiro atoms. The molecule has 1 unspecified atom stereocenters. The predicted octanol–water partition coefficient (Wildman–Crippen LogP) is 0.996. The molecule has 0 bridgehead atoms. The lowest BCUT2D eigenvalue weighted by molar-refractivity contribution is -0.137. The summed E-state index contributed by atoms with van der Waals surface area (Å²) in [6.45, 7) is 5.14. The number of benzene rings is 1. The zero-order chi connectivity index (χ0) is 17.0. The van der Waals surface area contributed by atoms with Crippen molar-refractivity contribution < 1.29 is 19.1 Å². The Bertz CT molecular complexity index is 601. The standard InChI is InChI=1S/C16H21N3O4/c1-11(14(21)19-9-13(20)18-16(19,2)3)17-15(22)23-10-12-7-5-4-6-8-12/h4-8,11H,9-10H2,1-3H3,(H,17,22)(H,18,20). The number of nitrogens with one attached hydrogen (secondary N) is 2. The lowest BCUT2D eigenvalue weighted by atomic mass is 10.2. The maximum atomic E-state index is 12.4. The van der Waals surface area contributed by atoms with Crippen molar-refractivity contribution in [1.82, 2.24) is 15.5 Å². The molecule has 1 atom stereocenters. The van der Waals surface area contributed by atoms with E-state index in [4.69, 9.17) is 4.74 Å². The van der Waals surface area contributed by atoms with Gasteiger partial charge in [0.15, 0.2) is 0 Å². The topological polar surface area (TPSA) is 87.7 Å². The molecule has 1 aliphatic heterocycles. The molecular weight excluding hydrogens is 298 g/mol. The zero-order valence-corrected chi connectivity index (χ0v) is 13.5. The van der Waals surface area contributed by atoms with Gasteiger partial charge >= 0.3 is 6.09 Å². The molecule has 7 nitrogen and oxygen atoms in total. The van der Waals surface area contributed by atoms with Crippen LogP contribution in [0.4, 0.5) is 4.79 Å². The van der Waals surface area contributed by atoms with Crippen LogP contribution in [0.3, 0.4) is 0 Å². The molecule has 1 heterocycles. The Morgan fingerprint density at radius 1 is 1.35 bits per heavy atom. The third kappa shape index (κ3) is 4.21. The number of amides is 3. The fraction of sp³-hybridized carbons (Fsp3) is 0.438. The first kappa shape index (κ1) is 16.8. The summed E-state index contributed by atoms with van der Waals surface area (Å²) in [5.41, 5.74) is 0.0926. The van der Waals surface area contributed by atoms with Crippen LogP contribution in [-0.2, 0) is 20.9 Å². The Kier molecular flexibility index (Phi) is 4.88. The van der Waals surface area contributed by atoms with Crippen molar-refractivity contribution in [2.24, 2.45) is 0 Å². The molecule has 124 valence electrons. The molecule has 0 radical (unpaired) electrons. The first-order valence-electron chi connectivity index (χ1n) is 7.39. The van der Waals surface area contributed by atoms with Crippen LogP contribution in [0.5, 0.6) is 0 Å². The number of alkyl carbamates (subject to hydrolysis) is 1. The first-order chi connectivity index (χ1) is 10.8. The number of hydrogen-bond acceptors (Lipinski definition) is 4. The van der Waals surface area contributed by atoms with E-state index in [0.29, 0.717) is 0 Å². The summed E-state index contributed by atoms with van der Waals surface area (Å²) >= 11 is 0. The van der Waals surface area contributed by atoms with Crippen LogP contribution in [0.15, 0.2) is 30.3 Å². The fourth-order valence-electron chi connectivity index (χ4n) is 2.38. The Balaban J connectivity index is 1.86. The van der Waals surface area contributed by atoms with Crippen molar-refractivity contribution in [3.05, 3.63) is 35.9 Å². The van der Waals surface area contributed by atoms with E-state index in [9.17, 15) is 14.4 Å². The number of ether oxygens (including phenoxy) is 1. The molecule has 0 aromatic heterocycles. The number of rotatable bonds is 4. The van der Waals surface area contributed by atoms with Gasteiger partial charge in [0.25, 0.3) is 0 Å². The summed E-state index contributed by atoms with van der Waals surface area (Å²) in [6.07, 6.45) is -0.675. The van der Waals surface area contributed by atoms with Gasteiger partial charge in [-0.15, -0.1) is 0 Å². The first-order valence-corrected chi connectivity index (χ1v) is 7.39. The van der Waals surface area contributed by atoms with Crippen molar-refractivity contribution >= 4 is 17.9 Å². The minimum absolute atomic E-state index is 0.0169. The molecular formula is C16H21N3O4. The molecule has 1 fully saturated rings. The van der Waals surface area contributed by atoms with E-state index in [1.165, 1.54) is 4.90 Å². The number of carbonyl (C=O) groups is 3. The van der Waals surface area contributed by atoms with Gasteiger partial charge in [0.2, 0.25) is 11.8 Å². The van der Waals surface area contributed by atoms with E-state index in [1.54, 1.807) is 20.8 Å².